The zero-order valence-electron chi connectivity index (χ0n) is 9.77. The molecule has 0 atom stereocenters. The summed E-state index contributed by atoms with van der Waals surface area (Å²) in [6, 6.07) is 1.98. The van der Waals surface area contributed by atoms with Crippen LogP contribution < -0.4 is 5.32 Å². The van der Waals surface area contributed by atoms with Crippen LogP contribution in [0.25, 0.3) is 0 Å². The molecule has 0 heterocycles. The topological polar surface area (TPSA) is 52.9 Å². The third kappa shape index (κ3) is 3.78. The molecule has 0 aliphatic rings. The van der Waals surface area contributed by atoms with Crippen molar-refractivity contribution in [2.24, 2.45) is 10.8 Å². The van der Waals surface area contributed by atoms with Crippen LogP contribution in [0.3, 0.4) is 0 Å². The summed E-state index contributed by atoms with van der Waals surface area (Å²) in [5.74, 6) is -0.193. The molecule has 0 aromatic carbocycles. The molecule has 1 N–H and O–H groups in total. The van der Waals surface area contributed by atoms with Crippen LogP contribution in [0.1, 0.15) is 41.0 Å². The Hall–Kier alpha value is -1.04. The maximum atomic E-state index is 11.5. The quantitative estimate of drug-likeness (QED) is 0.748. The predicted molar refractivity (Wildman–Crippen MR) is 56.5 cm³/mol. The lowest BCUT2D eigenvalue weighted by molar-refractivity contribution is -0.127. The van der Waals surface area contributed by atoms with Gasteiger partial charge in [-0.05, 0) is 25.7 Å². The first-order valence-corrected chi connectivity index (χ1v) is 4.95. The summed E-state index contributed by atoms with van der Waals surface area (Å²) in [5, 5.41) is 11.5. The van der Waals surface area contributed by atoms with E-state index in [4.69, 9.17) is 5.26 Å². The molecule has 80 valence electrons. The molecule has 0 spiro atoms. The summed E-state index contributed by atoms with van der Waals surface area (Å²) in [5.41, 5.74) is -0.828. The molecule has 3 nitrogen and oxygen atoms in total. The number of amides is 1. The second-order valence-electron chi connectivity index (χ2n) is 4.94. The third-order valence-electron chi connectivity index (χ3n) is 2.53. The SMILES string of the molecule is CCC(C)(C)CNC(=O)C(C)(C)C#N. The van der Waals surface area contributed by atoms with Gasteiger partial charge in [-0.25, -0.2) is 0 Å². The lowest BCUT2D eigenvalue weighted by Crippen LogP contribution is -2.40. The second-order valence-corrected chi connectivity index (χ2v) is 4.94. The maximum Gasteiger partial charge on any atom is 0.239 e. The Morgan fingerprint density at radius 3 is 2.21 bits per heavy atom. The highest BCUT2D eigenvalue weighted by molar-refractivity contribution is 5.84. The van der Waals surface area contributed by atoms with Gasteiger partial charge in [0, 0.05) is 6.54 Å². The Kier molecular flexibility index (Phi) is 4.12. The molecule has 0 fully saturated rings. The molecule has 1 amide bonds. The molecule has 0 aromatic rings. The molecule has 0 aromatic heterocycles. The standard InChI is InChI=1S/C11H20N2O/c1-6-10(2,3)8-13-9(14)11(4,5)7-12/h6,8H2,1-5H3,(H,13,14). The van der Waals surface area contributed by atoms with Crippen LogP contribution in [0.2, 0.25) is 0 Å². The Morgan fingerprint density at radius 2 is 1.86 bits per heavy atom. The van der Waals surface area contributed by atoms with E-state index in [1.807, 2.05) is 6.07 Å². The van der Waals surface area contributed by atoms with Crippen molar-refractivity contribution < 1.29 is 4.79 Å². The van der Waals surface area contributed by atoms with Crippen molar-refractivity contribution >= 4 is 5.91 Å². The van der Waals surface area contributed by atoms with Crippen molar-refractivity contribution in [1.29, 1.82) is 5.26 Å². The van der Waals surface area contributed by atoms with E-state index in [9.17, 15) is 4.79 Å². The van der Waals surface area contributed by atoms with Gasteiger partial charge in [0.15, 0.2) is 0 Å². The number of rotatable bonds is 4. The van der Waals surface area contributed by atoms with Crippen LogP contribution in [-0.4, -0.2) is 12.5 Å². The summed E-state index contributed by atoms with van der Waals surface area (Å²) in [6.45, 7) is 10.1. The number of nitrogens with one attached hydrogen (secondary N) is 1. The van der Waals surface area contributed by atoms with Gasteiger partial charge in [-0.2, -0.15) is 5.26 Å². The number of hydrogen-bond acceptors (Lipinski definition) is 2. The zero-order chi connectivity index (χ0) is 11.4. The summed E-state index contributed by atoms with van der Waals surface area (Å²) >= 11 is 0. The zero-order valence-corrected chi connectivity index (χ0v) is 9.77. The van der Waals surface area contributed by atoms with Gasteiger partial charge in [0.1, 0.15) is 5.41 Å². The normalized spacial score (nSPS) is 12.0. The fraction of sp³-hybridized carbons (Fsp3) is 0.818. The van der Waals surface area contributed by atoms with E-state index in [2.05, 4.69) is 26.1 Å². The lowest BCUT2D eigenvalue weighted by atomic mass is 9.89. The first-order chi connectivity index (χ1) is 6.25. The maximum absolute atomic E-state index is 11.5. The molecule has 3 heteroatoms. The van der Waals surface area contributed by atoms with Crippen LogP contribution in [0.4, 0.5) is 0 Å². The van der Waals surface area contributed by atoms with Crippen LogP contribution >= 0.6 is 0 Å². The highest BCUT2D eigenvalue weighted by atomic mass is 16.2. The van der Waals surface area contributed by atoms with Crippen molar-refractivity contribution in [3.05, 3.63) is 0 Å². The van der Waals surface area contributed by atoms with Crippen LogP contribution in [0.15, 0.2) is 0 Å². The minimum atomic E-state index is -0.927. The highest BCUT2D eigenvalue weighted by Crippen LogP contribution is 2.19. The molecule has 0 saturated heterocycles. The number of nitrogens with zero attached hydrogens (tertiary/aromatic N) is 1. The van der Waals surface area contributed by atoms with E-state index in [1.165, 1.54) is 0 Å². The Bertz CT molecular complexity index is 249. The van der Waals surface area contributed by atoms with E-state index in [0.717, 1.165) is 6.42 Å². The van der Waals surface area contributed by atoms with Gasteiger partial charge in [0.05, 0.1) is 6.07 Å². The monoisotopic (exact) mass is 196 g/mol. The average Bonchev–Trinajstić information content (AvgIpc) is 2.14. The van der Waals surface area contributed by atoms with Gasteiger partial charge in [-0.15, -0.1) is 0 Å². The van der Waals surface area contributed by atoms with Crippen molar-refractivity contribution in [2.45, 2.75) is 41.0 Å². The summed E-state index contributed by atoms with van der Waals surface area (Å²) in [7, 11) is 0. The first-order valence-electron chi connectivity index (χ1n) is 4.95. The summed E-state index contributed by atoms with van der Waals surface area (Å²) in [4.78, 5) is 11.5. The average molecular weight is 196 g/mol. The molecule has 0 saturated carbocycles. The smallest absolute Gasteiger partial charge is 0.239 e. The van der Waals surface area contributed by atoms with Gasteiger partial charge in [0.2, 0.25) is 5.91 Å². The van der Waals surface area contributed by atoms with E-state index in [0.29, 0.717) is 6.54 Å². The van der Waals surface area contributed by atoms with Crippen molar-refractivity contribution in [3.8, 4) is 6.07 Å². The van der Waals surface area contributed by atoms with Crippen LogP contribution in [0.5, 0.6) is 0 Å². The second kappa shape index (κ2) is 4.45. The van der Waals surface area contributed by atoms with E-state index >= 15 is 0 Å². The van der Waals surface area contributed by atoms with E-state index in [-0.39, 0.29) is 11.3 Å². The Labute approximate surface area is 86.5 Å². The van der Waals surface area contributed by atoms with Gasteiger partial charge >= 0.3 is 0 Å². The summed E-state index contributed by atoms with van der Waals surface area (Å²) < 4.78 is 0. The van der Waals surface area contributed by atoms with Crippen molar-refractivity contribution in [3.63, 3.8) is 0 Å². The number of nitriles is 1. The van der Waals surface area contributed by atoms with Gasteiger partial charge in [-0.3, -0.25) is 4.79 Å². The largest absolute Gasteiger partial charge is 0.354 e. The fourth-order valence-electron chi connectivity index (χ4n) is 0.716. The van der Waals surface area contributed by atoms with E-state index < -0.39 is 5.41 Å². The lowest BCUT2D eigenvalue weighted by Gasteiger charge is -2.25. The first kappa shape index (κ1) is 13.0. The Balaban J connectivity index is 4.19. The number of carbonyl (C=O) groups excluding carboxylic acids is 1. The number of hydrogen-bond donors (Lipinski definition) is 1. The van der Waals surface area contributed by atoms with Crippen LogP contribution in [-0.2, 0) is 4.79 Å². The highest BCUT2D eigenvalue weighted by Gasteiger charge is 2.28. The fourth-order valence-corrected chi connectivity index (χ4v) is 0.716. The minimum Gasteiger partial charge on any atom is -0.354 e. The van der Waals surface area contributed by atoms with E-state index in [1.54, 1.807) is 13.8 Å². The van der Waals surface area contributed by atoms with Crippen LogP contribution in [0, 0.1) is 22.2 Å². The van der Waals surface area contributed by atoms with Gasteiger partial charge in [-0.1, -0.05) is 20.8 Å². The summed E-state index contributed by atoms with van der Waals surface area (Å²) in [6.07, 6.45) is 1.00. The molecular formula is C11H20N2O. The minimum absolute atomic E-state index is 0.0984. The Morgan fingerprint density at radius 1 is 1.36 bits per heavy atom. The molecule has 0 bridgehead atoms. The number of carbonyl (C=O) groups is 1. The molecule has 0 rings (SSSR count). The van der Waals surface area contributed by atoms with Gasteiger partial charge < -0.3 is 5.32 Å². The molecule has 0 aliphatic heterocycles. The van der Waals surface area contributed by atoms with Gasteiger partial charge in [0.25, 0.3) is 0 Å². The third-order valence-corrected chi connectivity index (χ3v) is 2.53. The molecule has 0 aliphatic carbocycles. The van der Waals surface area contributed by atoms with Crippen molar-refractivity contribution in [2.75, 3.05) is 6.54 Å². The predicted octanol–water partition coefficient (Wildman–Crippen LogP) is 2.09. The molecule has 0 unspecified atom stereocenters. The molecule has 14 heavy (non-hydrogen) atoms. The molecular weight excluding hydrogens is 176 g/mol. The molecule has 0 radical (unpaired) electrons. The van der Waals surface area contributed by atoms with Crippen molar-refractivity contribution in [1.82, 2.24) is 5.32 Å².